The molecule has 0 radical (unpaired) electrons. The number of unbranched alkanes of at least 4 members (excludes halogenated alkanes) is 12. The minimum absolute atomic E-state index is 1.03. The molecule has 0 unspecified atom stereocenters. The zero-order valence-electron chi connectivity index (χ0n) is 20.8. The zero-order chi connectivity index (χ0) is 22.7. The number of rotatable bonds is 18. The van der Waals surface area contributed by atoms with Crippen LogP contribution in [-0.4, -0.2) is 0 Å². The molecule has 176 valence electrons. The van der Waals surface area contributed by atoms with E-state index in [0.29, 0.717) is 0 Å². The third kappa shape index (κ3) is 11.1. The van der Waals surface area contributed by atoms with Crippen LogP contribution in [0.5, 0.6) is 0 Å². The second-order valence-electron chi connectivity index (χ2n) is 9.20. The second-order valence-corrected chi connectivity index (χ2v) is 9.20. The smallest absolute Gasteiger partial charge is 0.0889 e. The van der Waals surface area contributed by atoms with Gasteiger partial charge >= 0.3 is 0 Å². The van der Waals surface area contributed by atoms with E-state index in [4.69, 9.17) is 0 Å². The van der Waals surface area contributed by atoms with E-state index in [1.54, 1.807) is 0 Å². The highest BCUT2D eigenvalue weighted by atomic mass is 15.1. The number of hydrogen-bond acceptors (Lipinski definition) is 2. The monoisotopic (exact) mass is 434 g/mol. The summed E-state index contributed by atoms with van der Waals surface area (Å²) in [7, 11) is 0. The fourth-order valence-electron chi connectivity index (χ4n) is 4.29. The van der Waals surface area contributed by atoms with Crippen molar-refractivity contribution >= 4 is 11.4 Å². The Morgan fingerprint density at radius 2 is 0.781 bits per heavy atom. The van der Waals surface area contributed by atoms with Crippen molar-refractivity contribution < 1.29 is 0 Å². The summed E-state index contributed by atoms with van der Waals surface area (Å²) in [5.74, 6) is 0. The zero-order valence-corrected chi connectivity index (χ0v) is 20.8. The van der Waals surface area contributed by atoms with E-state index < -0.39 is 0 Å². The van der Waals surface area contributed by atoms with Gasteiger partial charge in [-0.2, -0.15) is 10.2 Å². The molecule has 0 aliphatic carbocycles. The van der Waals surface area contributed by atoms with E-state index in [1.807, 2.05) is 0 Å². The van der Waals surface area contributed by atoms with Crippen molar-refractivity contribution in [1.82, 2.24) is 0 Å². The van der Waals surface area contributed by atoms with Crippen LogP contribution in [0.1, 0.15) is 115 Å². The number of hydrogen-bond donors (Lipinski definition) is 0. The molecule has 0 spiro atoms. The molecule has 0 saturated heterocycles. The van der Waals surface area contributed by atoms with Gasteiger partial charge in [-0.15, -0.1) is 0 Å². The van der Waals surface area contributed by atoms with Gasteiger partial charge in [0, 0.05) is 0 Å². The lowest BCUT2D eigenvalue weighted by Crippen LogP contribution is -1.88. The first-order valence-electron chi connectivity index (χ1n) is 13.4. The molecule has 2 heteroatoms. The maximum atomic E-state index is 4.68. The predicted octanol–water partition coefficient (Wildman–Crippen LogP) is 10.7. The first-order chi connectivity index (χ1) is 15.8. The minimum atomic E-state index is 1.03. The lowest BCUT2D eigenvalue weighted by molar-refractivity contribution is 0.589. The van der Waals surface area contributed by atoms with Crippen LogP contribution in [-0.2, 0) is 12.8 Å². The quantitative estimate of drug-likeness (QED) is 0.165. The highest BCUT2D eigenvalue weighted by Crippen LogP contribution is 2.27. The Hall–Kier alpha value is -1.96. The molecule has 2 aromatic rings. The fraction of sp³-hybridized carbons (Fsp3) is 0.600. The van der Waals surface area contributed by atoms with Gasteiger partial charge < -0.3 is 0 Å². The van der Waals surface area contributed by atoms with E-state index in [-0.39, 0.29) is 0 Å². The van der Waals surface area contributed by atoms with Crippen LogP contribution in [0.4, 0.5) is 11.4 Å². The van der Waals surface area contributed by atoms with Crippen LogP contribution in [0, 0.1) is 0 Å². The van der Waals surface area contributed by atoms with Crippen LogP contribution in [0.3, 0.4) is 0 Å². The largest absolute Gasteiger partial charge is 0.150 e. The third-order valence-corrected chi connectivity index (χ3v) is 6.35. The van der Waals surface area contributed by atoms with Crippen molar-refractivity contribution in [1.29, 1.82) is 0 Å². The first kappa shape index (κ1) is 26.3. The molecule has 0 aromatic heterocycles. The summed E-state index contributed by atoms with van der Waals surface area (Å²) in [6.07, 6.45) is 21.0. The van der Waals surface area contributed by atoms with Crippen molar-refractivity contribution in [2.75, 3.05) is 0 Å². The topological polar surface area (TPSA) is 24.7 Å². The van der Waals surface area contributed by atoms with Crippen molar-refractivity contribution in [3.63, 3.8) is 0 Å². The Balaban J connectivity index is 1.83. The molecular weight excluding hydrogens is 388 g/mol. The van der Waals surface area contributed by atoms with Crippen molar-refractivity contribution in [2.24, 2.45) is 10.2 Å². The molecule has 0 aliphatic rings. The maximum Gasteiger partial charge on any atom is 0.0889 e. The first-order valence-corrected chi connectivity index (χ1v) is 13.4. The van der Waals surface area contributed by atoms with Gasteiger partial charge in [-0.1, -0.05) is 127 Å². The molecule has 2 rings (SSSR count). The molecule has 0 atom stereocenters. The van der Waals surface area contributed by atoms with Crippen molar-refractivity contribution in [2.45, 2.75) is 117 Å². The maximum absolute atomic E-state index is 4.68. The van der Waals surface area contributed by atoms with Crippen LogP contribution in [0.15, 0.2) is 58.8 Å². The minimum Gasteiger partial charge on any atom is -0.150 e. The van der Waals surface area contributed by atoms with Gasteiger partial charge in [-0.05, 0) is 48.9 Å². The summed E-state index contributed by atoms with van der Waals surface area (Å²) in [6, 6.07) is 17.1. The SMILES string of the molecule is CCCCCCCCCc1ccccc1/N=N/c1ccccc1CCCCCCCCC. The predicted molar refractivity (Wildman–Crippen MR) is 140 cm³/mol. The Labute approximate surface area is 198 Å². The fourth-order valence-corrected chi connectivity index (χ4v) is 4.29. The van der Waals surface area contributed by atoms with Gasteiger partial charge in [-0.25, -0.2) is 0 Å². The van der Waals surface area contributed by atoms with Crippen LogP contribution >= 0.6 is 0 Å². The molecule has 0 saturated carbocycles. The van der Waals surface area contributed by atoms with Gasteiger partial charge in [-0.3, -0.25) is 0 Å². The van der Waals surface area contributed by atoms with Gasteiger partial charge in [0.1, 0.15) is 0 Å². The normalized spacial score (nSPS) is 11.4. The number of aryl methyl sites for hydroxylation is 2. The lowest BCUT2D eigenvalue weighted by Gasteiger charge is -2.07. The molecule has 0 aliphatic heterocycles. The molecule has 0 fully saturated rings. The van der Waals surface area contributed by atoms with Crippen LogP contribution in [0.25, 0.3) is 0 Å². The molecular formula is C30H46N2. The van der Waals surface area contributed by atoms with Gasteiger partial charge in [0.15, 0.2) is 0 Å². The highest BCUT2D eigenvalue weighted by Gasteiger charge is 2.04. The number of azo groups is 1. The standard InChI is InChI=1S/C30H46N2/c1-3-5-7-9-11-13-15-21-27-23-17-19-25-29(27)31-32-30-26-20-18-24-28(30)22-16-14-12-10-8-6-4-2/h17-20,23-26H,3-16,21-22H2,1-2H3/b32-31+. The number of benzene rings is 2. The molecule has 0 bridgehead atoms. The molecule has 2 aromatic carbocycles. The van der Waals surface area contributed by atoms with E-state index in [2.05, 4.69) is 72.6 Å². The Morgan fingerprint density at radius 3 is 1.19 bits per heavy atom. The van der Waals surface area contributed by atoms with Gasteiger partial charge in [0.2, 0.25) is 0 Å². The van der Waals surface area contributed by atoms with Crippen LogP contribution in [0.2, 0.25) is 0 Å². The summed E-state index contributed by atoms with van der Waals surface area (Å²) < 4.78 is 0. The third-order valence-electron chi connectivity index (χ3n) is 6.35. The van der Waals surface area contributed by atoms with Gasteiger partial charge in [0.25, 0.3) is 0 Å². The summed E-state index contributed by atoms with van der Waals surface area (Å²) in [6.45, 7) is 4.55. The molecule has 0 N–H and O–H groups in total. The summed E-state index contributed by atoms with van der Waals surface area (Å²) in [5.41, 5.74) is 4.72. The lowest BCUT2D eigenvalue weighted by atomic mass is 10.0. The average Bonchev–Trinajstić information content (AvgIpc) is 2.83. The average molecular weight is 435 g/mol. The Bertz CT molecular complexity index is 687. The molecule has 32 heavy (non-hydrogen) atoms. The Morgan fingerprint density at radius 1 is 0.438 bits per heavy atom. The molecule has 0 amide bonds. The summed E-state index contributed by atoms with van der Waals surface area (Å²) >= 11 is 0. The van der Waals surface area contributed by atoms with E-state index in [1.165, 1.54) is 101 Å². The van der Waals surface area contributed by atoms with Crippen LogP contribution < -0.4 is 0 Å². The van der Waals surface area contributed by atoms with Crippen molar-refractivity contribution in [3.05, 3.63) is 59.7 Å². The molecule has 0 heterocycles. The summed E-state index contributed by atoms with van der Waals surface area (Å²) in [4.78, 5) is 0. The Kier molecular flexibility index (Phi) is 14.4. The molecule has 2 nitrogen and oxygen atoms in total. The van der Waals surface area contributed by atoms with E-state index in [9.17, 15) is 0 Å². The number of nitrogens with zero attached hydrogens (tertiary/aromatic N) is 2. The second kappa shape index (κ2) is 17.6. The highest BCUT2D eigenvalue weighted by molar-refractivity contribution is 5.49. The van der Waals surface area contributed by atoms with Gasteiger partial charge in [0.05, 0.1) is 11.4 Å². The van der Waals surface area contributed by atoms with E-state index in [0.717, 1.165) is 24.2 Å². The summed E-state index contributed by atoms with van der Waals surface area (Å²) in [5, 5.41) is 9.36. The van der Waals surface area contributed by atoms with Crippen molar-refractivity contribution in [3.8, 4) is 0 Å². The van der Waals surface area contributed by atoms with E-state index >= 15 is 0 Å².